The molecule has 0 heterocycles. The van der Waals surface area contributed by atoms with Crippen LogP contribution in [0.2, 0.25) is 5.02 Å². The van der Waals surface area contributed by atoms with Gasteiger partial charge < -0.3 is 0 Å². The number of halogens is 1. The fourth-order valence-electron chi connectivity index (χ4n) is 2.36. The second-order valence-electron chi connectivity index (χ2n) is 4.87. The van der Waals surface area contributed by atoms with Gasteiger partial charge in [-0.05, 0) is 37.5 Å². The largest absolute Gasteiger partial charge is 0.243 e. The van der Waals surface area contributed by atoms with Crippen molar-refractivity contribution in [3.63, 3.8) is 0 Å². The molecule has 1 saturated carbocycles. The molecule has 0 atom stereocenters. The molecular formula is C13H18ClNO2S. The lowest BCUT2D eigenvalue weighted by molar-refractivity contribution is 0.373. The maximum atomic E-state index is 12.4. The van der Waals surface area contributed by atoms with Crippen LogP contribution in [-0.2, 0) is 10.0 Å². The van der Waals surface area contributed by atoms with Crippen molar-refractivity contribution in [3.05, 3.63) is 28.8 Å². The Hall–Kier alpha value is -0.580. The summed E-state index contributed by atoms with van der Waals surface area (Å²) in [5.74, 6) is 0. The molecule has 0 unspecified atom stereocenters. The molecule has 1 aromatic carbocycles. The zero-order chi connectivity index (χ0) is 13.3. The molecule has 1 aromatic rings. The van der Waals surface area contributed by atoms with Gasteiger partial charge in [0, 0.05) is 18.1 Å². The fraction of sp³-hybridized carbons (Fsp3) is 0.538. The quantitative estimate of drug-likeness (QED) is 0.856. The van der Waals surface area contributed by atoms with E-state index in [1.807, 2.05) is 6.92 Å². The molecule has 5 heteroatoms. The average molecular weight is 288 g/mol. The second-order valence-corrected chi connectivity index (χ2v) is 7.28. The van der Waals surface area contributed by atoms with Crippen LogP contribution >= 0.6 is 11.6 Å². The molecule has 0 aliphatic heterocycles. The minimum absolute atomic E-state index is 0.134. The number of hydrogen-bond acceptors (Lipinski definition) is 2. The smallest absolute Gasteiger partial charge is 0.207 e. The first-order valence-electron chi connectivity index (χ1n) is 6.17. The Bertz CT molecular complexity index is 536. The summed E-state index contributed by atoms with van der Waals surface area (Å²) in [7, 11) is -1.75. The van der Waals surface area contributed by atoms with Crippen molar-refractivity contribution in [2.24, 2.45) is 0 Å². The standard InChI is InChI=1S/C13H18ClNO2S/c1-10-7-8-12(9-13(10)14)18(16,17)15(2)11-5-3-4-6-11/h7-9,11H,3-6H2,1-2H3. The average Bonchev–Trinajstić information content (AvgIpc) is 2.85. The highest BCUT2D eigenvalue weighted by Gasteiger charge is 2.30. The molecule has 0 bridgehead atoms. The Balaban J connectivity index is 2.32. The Morgan fingerprint density at radius 2 is 1.89 bits per heavy atom. The third kappa shape index (κ3) is 2.56. The van der Waals surface area contributed by atoms with E-state index < -0.39 is 10.0 Å². The second kappa shape index (κ2) is 5.19. The first kappa shape index (κ1) is 13.8. The number of nitrogens with zero attached hydrogens (tertiary/aromatic N) is 1. The molecule has 0 saturated heterocycles. The van der Waals surface area contributed by atoms with Gasteiger partial charge in [0.2, 0.25) is 10.0 Å². The van der Waals surface area contributed by atoms with E-state index in [1.165, 1.54) is 10.4 Å². The predicted octanol–water partition coefficient (Wildman–Crippen LogP) is 3.21. The third-order valence-corrected chi connectivity index (χ3v) is 5.97. The molecule has 0 spiro atoms. The molecule has 0 amide bonds. The highest BCUT2D eigenvalue weighted by atomic mass is 35.5. The van der Waals surface area contributed by atoms with Crippen molar-refractivity contribution in [1.82, 2.24) is 4.31 Å². The lowest BCUT2D eigenvalue weighted by Crippen LogP contribution is -2.35. The molecule has 1 fully saturated rings. The van der Waals surface area contributed by atoms with Crippen LogP contribution in [0.5, 0.6) is 0 Å². The summed E-state index contributed by atoms with van der Waals surface area (Å²) >= 11 is 6.00. The van der Waals surface area contributed by atoms with Crippen molar-refractivity contribution in [2.45, 2.75) is 43.5 Å². The van der Waals surface area contributed by atoms with Crippen LogP contribution < -0.4 is 0 Å². The normalized spacial score (nSPS) is 17.6. The van der Waals surface area contributed by atoms with Gasteiger partial charge in [-0.2, -0.15) is 4.31 Å². The van der Waals surface area contributed by atoms with Crippen LogP contribution in [0, 0.1) is 6.92 Å². The van der Waals surface area contributed by atoms with Crippen molar-refractivity contribution >= 4 is 21.6 Å². The SMILES string of the molecule is Cc1ccc(S(=O)(=O)N(C)C2CCCC2)cc1Cl. The zero-order valence-electron chi connectivity index (χ0n) is 10.7. The van der Waals surface area contributed by atoms with Crippen molar-refractivity contribution in [2.75, 3.05) is 7.05 Å². The predicted molar refractivity (Wildman–Crippen MR) is 73.4 cm³/mol. The van der Waals surface area contributed by atoms with Gasteiger partial charge in [0.05, 0.1) is 4.90 Å². The molecule has 2 rings (SSSR count). The Kier molecular flexibility index (Phi) is 3.99. The maximum Gasteiger partial charge on any atom is 0.243 e. The number of rotatable bonds is 3. The summed E-state index contributed by atoms with van der Waals surface area (Å²) < 4.78 is 26.4. The maximum absolute atomic E-state index is 12.4. The summed E-state index contributed by atoms with van der Waals surface area (Å²) in [4.78, 5) is 0.285. The number of aryl methyl sites for hydroxylation is 1. The van der Waals surface area contributed by atoms with Gasteiger partial charge in [0.1, 0.15) is 0 Å². The van der Waals surface area contributed by atoms with Crippen LogP contribution in [0.1, 0.15) is 31.2 Å². The molecule has 0 aromatic heterocycles. The lowest BCUT2D eigenvalue weighted by Gasteiger charge is -2.23. The van der Waals surface area contributed by atoms with E-state index in [9.17, 15) is 8.42 Å². The van der Waals surface area contributed by atoms with E-state index in [0.717, 1.165) is 31.2 Å². The van der Waals surface area contributed by atoms with Crippen LogP contribution in [0.4, 0.5) is 0 Å². The monoisotopic (exact) mass is 287 g/mol. The summed E-state index contributed by atoms with van der Waals surface area (Å²) in [6, 6.07) is 5.05. The molecule has 1 aliphatic rings. The van der Waals surface area contributed by atoms with E-state index >= 15 is 0 Å². The van der Waals surface area contributed by atoms with E-state index in [1.54, 1.807) is 19.2 Å². The Morgan fingerprint density at radius 3 is 2.44 bits per heavy atom. The van der Waals surface area contributed by atoms with Gasteiger partial charge in [-0.3, -0.25) is 0 Å². The van der Waals surface area contributed by atoms with Crippen LogP contribution in [0.15, 0.2) is 23.1 Å². The van der Waals surface area contributed by atoms with E-state index in [4.69, 9.17) is 11.6 Å². The van der Waals surface area contributed by atoms with Gasteiger partial charge in [-0.25, -0.2) is 8.42 Å². The van der Waals surface area contributed by atoms with Gasteiger partial charge >= 0.3 is 0 Å². The molecular weight excluding hydrogens is 270 g/mol. The Labute approximate surface area is 114 Å². The van der Waals surface area contributed by atoms with Gasteiger partial charge in [-0.15, -0.1) is 0 Å². The summed E-state index contributed by atoms with van der Waals surface area (Å²) in [6.07, 6.45) is 4.13. The van der Waals surface area contributed by atoms with Crippen molar-refractivity contribution < 1.29 is 8.42 Å². The van der Waals surface area contributed by atoms with E-state index in [0.29, 0.717) is 5.02 Å². The summed E-state index contributed by atoms with van der Waals surface area (Å²) in [5, 5.41) is 0.496. The minimum atomic E-state index is -3.41. The zero-order valence-corrected chi connectivity index (χ0v) is 12.3. The lowest BCUT2D eigenvalue weighted by atomic mass is 10.2. The number of sulfonamides is 1. The van der Waals surface area contributed by atoms with Gasteiger partial charge in [0.25, 0.3) is 0 Å². The summed E-state index contributed by atoms with van der Waals surface area (Å²) in [5.41, 5.74) is 0.888. The molecule has 18 heavy (non-hydrogen) atoms. The van der Waals surface area contributed by atoms with Crippen LogP contribution in [0.25, 0.3) is 0 Å². The molecule has 0 radical (unpaired) electrons. The van der Waals surface area contributed by atoms with E-state index in [2.05, 4.69) is 0 Å². The highest BCUT2D eigenvalue weighted by molar-refractivity contribution is 7.89. The van der Waals surface area contributed by atoms with Crippen molar-refractivity contribution in [3.8, 4) is 0 Å². The van der Waals surface area contributed by atoms with Crippen LogP contribution in [0.3, 0.4) is 0 Å². The van der Waals surface area contributed by atoms with Gasteiger partial charge in [0.15, 0.2) is 0 Å². The first-order valence-corrected chi connectivity index (χ1v) is 7.99. The molecule has 3 nitrogen and oxygen atoms in total. The van der Waals surface area contributed by atoms with Gasteiger partial charge in [-0.1, -0.05) is 30.5 Å². The Morgan fingerprint density at radius 1 is 1.28 bits per heavy atom. The first-order chi connectivity index (χ1) is 8.43. The number of benzene rings is 1. The molecule has 1 aliphatic carbocycles. The topological polar surface area (TPSA) is 37.4 Å². The number of hydrogen-bond donors (Lipinski definition) is 0. The molecule has 0 N–H and O–H groups in total. The fourth-order valence-corrected chi connectivity index (χ4v) is 4.05. The third-order valence-electron chi connectivity index (χ3n) is 3.66. The van der Waals surface area contributed by atoms with Crippen LogP contribution in [-0.4, -0.2) is 25.8 Å². The highest BCUT2D eigenvalue weighted by Crippen LogP contribution is 2.28. The minimum Gasteiger partial charge on any atom is -0.207 e. The summed E-state index contributed by atoms with van der Waals surface area (Å²) in [6.45, 7) is 1.86. The van der Waals surface area contributed by atoms with E-state index in [-0.39, 0.29) is 10.9 Å². The molecule has 100 valence electrons. The van der Waals surface area contributed by atoms with Crippen molar-refractivity contribution in [1.29, 1.82) is 0 Å².